The lowest BCUT2D eigenvalue weighted by Gasteiger charge is -1.95. The van der Waals surface area contributed by atoms with Gasteiger partial charge in [-0.2, -0.15) is 0 Å². The molecule has 1 heteroatoms. The normalized spacial score (nSPS) is 13.4. The van der Waals surface area contributed by atoms with Crippen LogP contribution in [0.3, 0.4) is 0 Å². The number of rotatable bonds is 3. The van der Waals surface area contributed by atoms with Crippen LogP contribution in [0.5, 0.6) is 0 Å². The molecule has 0 saturated heterocycles. The summed E-state index contributed by atoms with van der Waals surface area (Å²) in [6.45, 7) is 7.58. The molecular weight excluding hydrogens is 122 g/mol. The zero-order valence-electron chi connectivity index (χ0n) is 6.72. The molecular formula is C9H15N. The third kappa shape index (κ3) is 3.96. The van der Waals surface area contributed by atoms with Gasteiger partial charge in [0.1, 0.15) is 0 Å². The molecule has 0 aliphatic rings. The fourth-order valence-corrected chi connectivity index (χ4v) is 0.712. The molecule has 0 spiro atoms. The molecule has 0 saturated carbocycles. The Hall–Kier alpha value is -0.980. The molecule has 0 aromatic rings. The van der Waals surface area contributed by atoms with Crippen LogP contribution in [0.15, 0.2) is 36.1 Å². The highest BCUT2D eigenvalue weighted by atomic mass is 14.5. The number of allylic oxidation sites excluding steroid dienone is 5. The molecule has 0 atom stereocenters. The zero-order chi connectivity index (χ0) is 7.98. The molecule has 0 fully saturated rings. The summed E-state index contributed by atoms with van der Waals surface area (Å²) in [6, 6.07) is 0. The average molecular weight is 137 g/mol. The maximum absolute atomic E-state index is 5.49. The van der Waals surface area contributed by atoms with Crippen molar-refractivity contribution in [1.29, 1.82) is 0 Å². The molecule has 56 valence electrons. The minimum absolute atomic E-state index is 0.843. The lowest BCUT2D eigenvalue weighted by atomic mass is 10.1. The van der Waals surface area contributed by atoms with Crippen molar-refractivity contribution in [2.75, 3.05) is 0 Å². The van der Waals surface area contributed by atoms with Gasteiger partial charge in [-0.3, -0.25) is 0 Å². The molecule has 0 aliphatic carbocycles. The van der Waals surface area contributed by atoms with E-state index < -0.39 is 0 Å². The summed E-state index contributed by atoms with van der Waals surface area (Å²) in [5.41, 5.74) is 7.55. The summed E-state index contributed by atoms with van der Waals surface area (Å²) in [6.07, 6.45) is 6.71. The largest absolute Gasteiger partial charge is 0.402 e. The van der Waals surface area contributed by atoms with Crippen molar-refractivity contribution in [2.45, 2.75) is 20.3 Å². The summed E-state index contributed by atoms with van der Waals surface area (Å²) in [7, 11) is 0. The summed E-state index contributed by atoms with van der Waals surface area (Å²) in [4.78, 5) is 0. The summed E-state index contributed by atoms with van der Waals surface area (Å²) < 4.78 is 0. The second kappa shape index (κ2) is 4.86. The van der Waals surface area contributed by atoms with Gasteiger partial charge in [0.25, 0.3) is 0 Å². The smallest absolute Gasteiger partial charge is 0.00516 e. The van der Waals surface area contributed by atoms with Crippen LogP contribution < -0.4 is 5.73 Å². The Morgan fingerprint density at radius 3 is 2.50 bits per heavy atom. The Bertz CT molecular complexity index is 157. The van der Waals surface area contributed by atoms with Gasteiger partial charge in [-0.1, -0.05) is 25.7 Å². The van der Waals surface area contributed by atoms with Crippen molar-refractivity contribution in [1.82, 2.24) is 0 Å². The highest BCUT2D eigenvalue weighted by Gasteiger charge is 1.85. The molecule has 10 heavy (non-hydrogen) atoms. The monoisotopic (exact) mass is 137 g/mol. The van der Waals surface area contributed by atoms with Gasteiger partial charge in [-0.25, -0.2) is 0 Å². The molecule has 0 aromatic heterocycles. The average Bonchev–Trinajstić information content (AvgIpc) is 1.86. The van der Waals surface area contributed by atoms with Crippen molar-refractivity contribution in [3.05, 3.63) is 36.1 Å². The number of hydrogen-bond acceptors (Lipinski definition) is 1. The molecule has 0 bridgehead atoms. The Balaban J connectivity index is 4.22. The van der Waals surface area contributed by atoms with Gasteiger partial charge < -0.3 is 5.73 Å². The molecule has 0 amide bonds. The van der Waals surface area contributed by atoms with Crippen LogP contribution in [-0.2, 0) is 0 Å². The SMILES string of the molecule is C=C/C=C(\C=C(/C)N)CC. The summed E-state index contributed by atoms with van der Waals surface area (Å²) >= 11 is 0. The number of nitrogens with two attached hydrogens (primary N) is 1. The fourth-order valence-electron chi connectivity index (χ4n) is 0.712. The molecule has 0 aromatic carbocycles. The third-order valence-electron chi connectivity index (χ3n) is 1.15. The van der Waals surface area contributed by atoms with Crippen molar-refractivity contribution < 1.29 is 0 Å². The van der Waals surface area contributed by atoms with Crippen molar-refractivity contribution in [3.63, 3.8) is 0 Å². The van der Waals surface area contributed by atoms with E-state index in [1.807, 2.05) is 19.1 Å². The number of hydrogen-bond donors (Lipinski definition) is 1. The Labute approximate surface area is 62.9 Å². The van der Waals surface area contributed by atoms with Gasteiger partial charge in [0, 0.05) is 5.70 Å². The van der Waals surface area contributed by atoms with Gasteiger partial charge >= 0.3 is 0 Å². The van der Waals surface area contributed by atoms with E-state index >= 15 is 0 Å². The van der Waals surface area contributed by atoms with Gasteiger partial charge in [0.05, 0.1) is 0 Å². The predicted octanol–water partition coefficient (Wildman–Crippen LogP) is 2.37. The van der Waals surface area contributed by atoms with Crippen LogP contribution in [0.2, 0.25) is 0 Å². The van der Waals surface area contributed by atoms with Crippen LogP contribution in [0.25, 0.3) is 0 Å². The van der Waals surface area contributed by atoms with E-state index in [1.54, 1.807) is 6.08 Å². The first-order chi connectivity index (χ1) is 4.70. The highest BCUT2D eigenvalue weighted by Crippen LogP contribution is 2.03. The van der Waals surface area contributed by atoms with Crippen LogP contribution >= 0.6 is 0 Å². The second-order valence-corrected chi connectivity index (χ2v) is 2.22. The molecule has 0 aliphatic heterocycles. The van der Waals surface area contributed by atoms with Gasteiger partial charge in [0.15, 0.2) is 0 Å². The Morgan fingerprint density at radius 2 is 2.20 bits per heavy atom. The van der Waals surface area contributed by atoms with Crippen LogP contribution in [0, 0.1) is 0 Å². The first-order valence-electron chi connectivity index (χ1n) is 3.46. The van der Waals surface area contributed by atoms with E-state index in [4.69, 9.17) is 5.73 Å². The summed E-state index contributed by atoms with van der Waals surface area (Å²) in [5, 5.41) is 0. The second-order valence-electron chi connectivity index (χ2n) is 2.22. The molecule has 0 rings (SSSR count). The van der Waals surface area contributed by atoms with E-state index in [-0.39, 0.29) is 0 Å². The summed E-state index contributed by atoms with van der Waals surface area (Å²) in [5.74, 6) is 0. The van der Waals surface area contributed by atoms with E-state index in [2.05, 4.69) is 13.5 Å². The van der Waals surface area contributed by atoms with E-state index in [1.165, 1.54) is 5.57 Å². The standard InChI is InChI=1S/C9H15N/c1-4-6-9(5-2)7-8(3)10/h4,6-7H,1,5,10H2,2-3H3/b8-7+,9-6-. The molecule has 1 nitrogen and oxygen atoms in total. The Kier molecular flexibility index (Phi) is 4.38. The first kappa shape index (κ1) is 9.02. The third-order valence-corrected chi connectivity index (χ3v) is 1.15. The molecule has 0 heterocycles. The zero-order valence-corrected chi connectivity index (χ0v) is 6.72. The van der Waals surface area contributed by atoms with Crippen LogP contribution in [0.4, 0.5) is 0 Å². The minimum atomic E-state index is 0.843. The van der Waals surface area contributed by atoms with Gasteiger partial charge in [0.2, 0.25) is 0 Å². The topological polar surface area (TPSA) is 26.0 Å². The van der Waals surface area contributed by atoms with E-state index in [0.29, 0.717) is 0 Å². The van der Waals surface area contributed by atoms with Crippen LogP contribution in [-0.4, -0.2) is 0 Å². The fraction of sp³-hybridized carbons (Fsp3) is 0.333. The molecule has 0 radical (unpaired) electrons. The molecule has 2 N–H and O–H groups in total. The van der Waals surface area contributed by atoms with Crippen LogP contribution in [0.1, 0.15) is 20.3 Å². The van der Waals surface area contributed by atoms with Gasteiger partial charge in [-0.05, 0) is 25.0 Å². The van der Waals surface area contributed by atoms with Gasteiger partial charge in [-0.15, -0.1) is 0 Å². The lowest BCUT2D eigenvalue weighted by Crippen LogP contribution is -1.90. The lowest BCUT2D eigenvalue weighted by molar-refractivity contribution is 1.13. The van der Waals surface area contributed by atoms with Crippen molar-refractivity contribution >= 4 is 0 Å². The highest BCUT2D eigenvalue weighted by molar-refractivity contribution is 5.24. The molecule has 0 unspecified atom stereocenters. The van der Waals surface area contributed by atoms with Crippen molar-refractivity contribution in [2.24, 2.45) is 5.73 Å². The predicted molar refractivity (Wildman–Crippen MR) is 46.5 cm³/mol. The maximum atomic E-state index is 5.49. The Morgan fingerprint density at radius 1 is 1.60 bits per heavy atom. The maximum Gasteiger partial charge on any atom is 0.00516 e. The first-order valence-corrected chi connectivity index (χ1v) is 3.46. The minimum Gasteiger partial charge on any atom is -0.402 e. The van der Waals surface area contributed by atoms with E-state index in [9.17, 15) is 0 Å². The van der Waals surface area contributed by atoms with E-state index in [0.717, 1.165) is 12.1 Å². The van der Waals surface area contributed by atoms with Crippen molar-refractivity contribution in [3.8, 4) is 0 Å². The quantitative estimate of drug-likeness (QED) is 0.594.